The van der Waals surface area contributed by atoms with Crippen LogP contribution in [0.25, 0.3) is 0 Å². The molecular formula is C11H14BrNO. The van der Waals surface area contributed by atoms with Crippen LogP contribution in [0.5, 0.6) is 5.75 Å². The Kier molecular flexibility index (Phi) is 2.79. The molecule has 3 heteroatoms. The molecule has 2 unspecified atom stereocenters. The molecule has 1 aromatic carbocycles. The second kappa shape index (κ2) is 3.91. The van der Waals surface area contributed by atoms with Gasteiger partial charge in [0, 0.05) is 4.47 Å². The average molecular weight is 256 g/mol. The van der Waals surface area contributed by atoms with Crippen molar-refractivity contribution in [1.82, 2.24) is 0 Å². The van der Waals surface area contributed by atoms with Crippen LogP contribution >= 0.6 is 15.9 Å². The predicted octanol–water partition coefficient (Wildman–Crippen LogP) is 2.52. The molecule has 1 fully saturated rings. The Labute approximate surface area is 92.6 Å². The molecule has 0 heterocycles. The van der Waals surface area contributed by atoms with Gasteiger partial charge in [0.1, 0.15) is 5.75 Å². The van der Waals surface area contributed by atoms with E-state index in [1.54, 1.807) is 7.11 Å². The number of ether oxygens (including phenoxy) is 1. The lowest BCUT2D eigenvalue weighted by atomic mass is 10.1. The summed E-state index contributed by atoms with van der Waals surface area (Å²) in [6.45, 7) is 0.782. The van der Waals surface area contributed by atoms with E-state index in [0.29, 0.717) is 11.8 Å². The first-order valence-corrected chi connectivity index (χ1v) is 5.59. The van der Waals surface area contributed by atoms with Crippen molar-refractivity contribution in [3.63, 3.8) is 0 Å². The first kappa shape index (κ1) is 9.99. The SMILES string of the molecule is COc1cc(Br)ccc1C1CC1CN. The maximum Gasteiger partial charge on any atom is 0.123 e. The number of methoxy groups -OCH3 is 1. The van der Waals surface area contributed by atoms with Gasteiger partial charge >= 0.3 is 0 Å². The Morgan fingerprint density at radius 3 is 2.93 bits per heavy atom. The smallest absolute Gasteiger partial charge is 0.123 e. The molecule has 2 nitrogen and oxygen atoms in total. The molecule has 14 heavy (non-hydrogen) atoms. The molecule has 0 spiro atoms. The number of benzene rings is 1. The van der Waals surface area contributed by atoms with E-state index in [0.717, 1.165) is 16.8 Å². The Morgan fingerprint density at radius 2 is 2.36 bits per heavy atom. The summed E-state index contributed by atoms with van der Waals surface area (Å²) in [6.07, 6.45) is 1.20. The highest BCUT2D eigenvalue weighted by Gasteiger charge is 2.38. The molecule has 2 atom stereocenters. The lowest BCUT2D eigenvalue weighted by Crippen LogP contribution is -2.02. The number of halogens is 1. The first-order valence-electron chi connectivity index (χ1n) is 4.79. The minimum absolute atomic E-state index is 0.614. The average Bonchev–Trinajstić information content (AvgIpc) is 2.96. The highest BCUT2D eigenvalue weighted by Crippen LogP contribution is 2.49. The topological polar surface area (TPSA) is 35.2 Å². The van der Waals surface area contributed by atoms with E-state index >= 15 is 0 Å². The van der Waals surface area contributed by atoms with E-state index in [1.165, 1.54) is 12.0 Å². The zero-order chi connectivity index (χ0) is 10.1. The minimum Gasteiger partial charge on any atom is -0.496 e. The predicted molar refractivity (Wildman–Crippen MR) is 60.6 cm³/mol. The number of hydrogen-bond acceptors (Lipinski definition) is 2. The fraction of sp³-hybridized carbons (Fsp3) is 0.455. The van der Waals surface area contributed by atoms with Gasteiger partial charge in [-0.25, -0.2) is 0 Å². The van der Waals surface area contributed by atoms with Crippen molar-refractivity contribution in [1.29, 1.82) is 0 Å². The molecule has 0 aliphatic heterocycles. The van der Waals surface area contributed by atoms with Crippen LogP contribution in [-0.2, 0) is 0 Å². The third-order valence-corrected chi connectivity index (χ3v) is 3.31. The van der Waals surface area contributed by atoms with Crippen molar-refractivity contribution in [2.24, 2.45) is 11.7 Å². The van der Waals surface area contributed by atoms with Gasteiger partial charge in [0.25, 0.3) is 0 Å². The van der Waals surface area contributed by atoms with Crippen LogP contribution in [0.3, 0.4) is 0 Å². The van der Waals surface area contributed by atoms with Crippen LogP contribution in [0.15, 0.2) is 22.7 Å². The molecule has 0 aromatic heterocycles. The zero-order valence-corrected chi connectivity index (χ0v) is 9.75. The second-order valence-corrected chi connectivity index (χ2v) is 4.64. The Hall–Kier alpha value is -0.540. The van der Waals surface area contributed by atoms with Crippen LogP contribution in [0.1, 0.15) is 17.9 Å². The van der Waals surface area contributed by atoms with Crippen LogP contribution in [-0.4, -0.2) is 13.7 Å². The maximum absolute atomic E-state index is 5.63. The van der Waals surface area contributed by atoms with Gasteiger partial charge in [-0.05, 0) is 42.5 Å². The summed E-state index contributed by atoms with van der Waals surface area (Å²) < 4.78 is 6.41. The van der Waals surface area contributed by atoms with Crippen molar-refractivity contribution in [2.45, 2.75) is 12.3 Å². The molecule has 0 bridgehead atoms. The summed E-state index contributed by atoms with van der Waals surface area (Å²) in [5.41, 5.74) is 6.93. The quantitative estimate of drug-likeness (QED) is 0.901. The van der Waals surface area contributed by atoms with Gasteiger partial charge in [-0.3, -0.25) is 0 Å². The lowest BCUT2D eigenvalue weighted by molar-refractivity contribution is 0.409. The molecule has 1 aliphatic rings. The van der Waals surface area contributed by atoms with E-state index in [2.05, 4.69) is 28.1 Å². The third kappa shape index (κ3) is 1.79. The van der Waals surface area contributed by atoms with Crippen LogP contribution in [0, 0.1) is 5.92 Å². The highest BCUT2D eigenvalue weighted by atomic mass is 79.9. The van der Waals surface area contributed by atoms with E-state index in [9.17, 15) is 0 Å². The number of hydrogen-bond donors (Lipinski definition) is 1. The normalized spacial score (nSPS) is 24.8. The molecule has 0 amide bonds. The molecule has 1 aromatic rings. The van der Waals surface area contributed by atoms with Gasteiger partial charge in [-0.1, -0.05) is 22.0 Å². The van der Waals surface area contributed by atoms with Crippen molar-refractivity contribution in [2.75, 3.05) is 13.7 Å². The van der Waals surface area contributed by atoms with Gasteiger partial charge in [-0.2, -0.15) is 0 Å². The fourth-order valence-electron chi connectivity index (χ4n) is 1.88. The summed E-state index contributed by atoms with van der Waals surface area (Å²) in [5, 5.41) is 0. The molecule has 76 valence electrons. The van der Waals surface area contributed by atoms with E-state index in [1.807, 2.05) is 6.07 Å². The number of rotatable bonds is 3. The minimum atomic E-state index is 0.614. The summed E-state index contributed by atoms with van der Waals surface area (Å²) in [6, 6.07) is 6.20. The lowest BCUT2D eigenvalue weighted by Gasteiger charge is -2.08. The molecule has 2 rings (SSSR count). The van der Waals surface area contributed by atoms with Gasteiger partial charge < -0.3 is 10.5 Å². The van der Waals surface area contributed by atoms with Crippen molar-refractivity contribution in [3.8, 4) is 5.75 Å². The largest absolute Gasteiger partial charge is 0.496 e. The summed E-state index contributed by atoms with van der Waals surface area (Å²) in [5.74, 6) is 2.24. The molecule has 1 saturated carbocycles. The van der Waals surface area contributed by atoms with Crippen molar-refractivity contribution >= 4 is 15.9 Å². The molecule has 0 saturated heterocycles. The standard InChI is InChI=1S/C11H14BrNO/c1-14-11-5-8(12)2-3-9(11)10-4-7(10)6-13/h2-3,5,7,10H,4,6,13H2,1H3. The monoisotopic (exact) mass is 255 g/mol. The molecule has 1 aliphatic carbocycles. The van der Waals surface area contributed by atoms with Crippen molar-refractivity contribution < 1.29 is 4.74 Å². The van der Waals surface area contributed by atoms with E-state index < -0.39 is 0 Å². The molecule has 2 N–H and O–H groups in total. The second-order valence-electron chi connectivity index (χ2n) is 3.72. The Bertz CT molecular complexity index is 340. The van der Waals surface area contributed by atoms with Crippen molar-refractivity contribution in [3.05, 3.63) is 28.2 Å². The first-order chi connectivity index (χ1) is 6.76. The summed E-state index contributed by atoms with van der Waals surface area (Å²) >= 11 is 3.43. The summed E-state index contributed by atoms with van der Waals surface area (Å²) in [4.78, 5) is 0. The van der Waals surface area contributed by atoms with Gasteiger partial charge in [0.05, 0.1) is 7.11 Å². The maximum atomic E-state index is 5.63. The summed E-state index contributed by atoms with van der Waals surface area (Å²) in [7, 11) is 1.71. The van der Waals surface area contributed by atoms with Gasteiger partial charge in [0.15, 0.2) is 0 Å². The van der Waals surface area contributed by atoms with Crippen LogP contribution in [0.4, 0.5) is 0 Å². The highest BCUT2D eigenvalue weighted by molar-refractivity contribution is 9.10. The zero-order valence-electron chi connectivity index (χ0n) is 8.16. The third-order valence-electron chi connectivity index (χ3n) is 2.82. The van der Waals surface area contributed by atoms with Crippen LogP contribution < -0.4 is 10.5 Å². The Morgan fingerprint density at radius 1 is 1.57 bits per heavy atom. The Balaban J connectivity index is 2.25. The fourth-order valence-corrected chi connectivity index (χ4v) is 2.22. The molecule has 0 radical (unpaired) electrons. The van der Waals surface area contributed by atoms with Gasteiger partial charge in [-0.15, -0.1) is 0 Å². The van der Waals surface area contributed by atoms with E-state index in [-0.39, 0.29) is 0 Å². The molecular weight excluding hydrogens is 242 g/mol. The van der Waals surface area contributed by atoms with Gasteiger partial charge in [0.2, 0.25) is 0 Å². The number of nitrogens with two attached hydrogens (primary N) is 1. The van der Waals surface area contributed by atoms with Crippen LogP contribution in [0.2, 0.25) is 0 Å². The van der Waals surface area contributed by atoms with E-state index in [4.69, 9.17) is 10.5 Å².